The lowest BCUT2D eigenvalue weighted by atomic mass is 9.55. The molecule has 0 aromatic heterocycles. The number of rotatable bonds is 20. The lowest BCUT2D eigenvalue weighted by molar-refractivity contribution is -0.256. The summed E-state index contributed by atoms with van der Waals surface area (Å²) in [6.07, 6.45) is 7.71. The second kappa shape index (κ2) is 21.0. The van der Waals surface area contributed by atoms with Crippen molar-refractivity contribution in [3.8, 4) is 11.5 Å². The van der Waals surface area contributed by atoms with Crippen molar-refractivity contribution < 1.29 is 47.6 Å². The molecule has 10 nitrogen and oxygen atoms in total. The van der Waals surface area contributed by atoms with E-state index in [0.717, 1.165) is 42.4 Å². The van der Waals surface area contributed by atoms with E-state index in [2.05, 4.69) is 12.7 Å². The standard InChI is InChI=1S/C50H56F2N2O8/c1-3-27-60-50-46(54(49(57)58-2)31-34-19-21-38(51)22-20-34)30-44(53-61-32-35-13-5-4-6-14-35)41-28-36(15-9-11-25-55)40(17-10-12-26-56)47(48(41)50)42-29-39(23-24-45(42)62-50)59-33-37-16-7-8-18-43(37)52/h3-8,13-14,16,18-24,28-29,36,40,46-48,55-56H,1,9-12,15,17,25-27,30-33H2,2H3. The molecule has 6 unspecified atom stereocenters. The number of amides is 1. The van der Waals surface area contributed by atoms with Gasteiger partial charge in [-0.05, 0) is 90.6 Å². The monoisotopic (exact) mass is 850 g/mol. The summed E-state index contributed by atoms with van der Waals surface area (Å²) in [5, 5.41) is 24.7. The summed E-state index contributed by atoms with van der Waals surface area (Å²) >= 11 is 0. The van der Waals surface area contributed by atoms with E-state index in [0.29, 0.717) is 41.2 Å². The molecule has 62 heavy (non-hydrogen) atoms. The number of carbonyl (C=O) groups excluding carboxylic acids is 1. The number of aliphatic hydroxyl groups excluding tert-OH is 2. The fourth-order valence-corrected chi connectivity index (χ4v) is 9.48. The number of allylic oxidation sites excluding steroid dienone is 1. The Morgan fingerprint density at radius 1 is 0.919 bits per heavy atom. The largest absolute Gasteiger partial charge is 0.489 e. The van der Waals surface area contributed by atoms with E-state index in [-0.39, 0.29) is 69.6 Å². The molecule has 2 aliphatic carbocycles. The number of oxime groups is 1. The highest BCUT2D eigenvalue weighted by Gasteiger charge is 2.65. The summed E-state index contributed by atoms with van der Waals surface area (Å²) in [5.41, 5.74) is 4.35. The SMILES string of the molecule is C=CCOC12Oc3ccc(OCc4ccccc4F)cc3C3C(CCCCO)C(CCCCO)C=C(C(=NOCc4ccccc4)CC1N(Cc1ccc(F)cc1)C(=O)OC)C32. The Balaban J connectivity index is 1.43. The molecule has 3 aliphatic rings. The molecule has 0 saturated heterocycles. The molecule has 2 N–H and O–H groups in total. The van der Waals surface area contributed by atoms with Gasteiger partial charge in [0.05, 0.1) is 25.3 Å². The third-order valence-electron chi connectivity index (χ3n) is 12.3. The van der Waals surface area contributed by atoms with Gasteiger partial charge in [0.25, 0.3) is 0 Å². The first-order valence-corrected chi connectivity index (χ1v) is 21.5. The topological polar surface area (TPSA) is 119 Å². The van der Waals surface area contributed by atoms with Gasteiger partial charge in [0, 0.05) is 43.2 Å². The van der Waals surface area contributed by atoms with E-state index in [9.17, 15) is 23.8 Å². The molecule has 1 aliphatic heterocycles. The van der Waals surface area contributed by atoms with Crippen molar-refractivity contribution in [1.82, 2.24) is 4.90 Å². The number of halogens is 2. The Kier molecular flexibility index (Phi) is 15.1. The summed E-state index contributed by atoms with van der Waals surface area (Å²) in [5.74, 6) is -2.16. The number of hydrogen-bond donors (Lipinski definition) is 2. The maximum Gasteiger partial charge on any atom is 0.410 e. The molecule has 0 spiro atoms. The van der Waals surface area contributed by atoms with Gasteiger partial charge in [-0.3, -0.25) is 4.90 Å². The van der Waals surface area contributed by atoms with Crippen LogP contribution in [0.25, 0.3) is 0 Å². The highest BCUT2D eigenvalue weighted by molar-refractivity contribution is 6.03. The fourth-order valence-electron chi connectivity index (χ4n) is 9.48. The van der Waals surface area contributed by atoms with E-state index in [1.54, 1.807) is 47.4 Å². The lowest BCUT2D eigenvalue weighted by Gasteiger charge is -2.59. The number of fused-ring (bicyclic) bond motifs is 2. The van der Waals surface area contributed by atoms with E-state index in [4.69, 9.17) is 28.9 Å². The molecule has 6 atom stereocenters. The van der Waals surface area contributed by atoms with Crippen LogP contribution in [0.4, 0.5) is 13.6 Å². The van der Waals surface area contributed by atoms with Gasteiger partial charge in [-0.2, -0.15) is 0 Å². The summed E-state index contributed by atoms with van der Waals surface area (Å²) < 4.78 is 55.0. The highest BCUT2D eigenvalue weighted by atomic mass is 19.1. The molecule has 0 bridgehead atoms. The predicted octanol–water partition coefficient (Wildman–Crippen LogP) is 9.65. The Labute approximate surface area is 362 Å². The second-order valence-electron chi connectivity index (χ2n) is 16.1. The number of nitrogens with zero attached hydrogens (tertiary/aromatic N) is 2. The Morgan fingerprint density at radius 2 is 1.66 bits per heavy atom. The van der Waals surface area contributed by atoms with Gasteiger partial charge in [0.1, 0.15) is 42.4 Å². The molecular formula is C50H56F2N2O8. The normalized spacial score (nSPS) is 23.0. The summed E-state index contributed by atoms with van der Waals surface area (Å²) in [7, 11) is 1.32. The molecule has 7 rings (SSSR count). The van der Waals surface area contributed by atoms with Gasteiger partial charge < -0.3 is 34.0 Å². The average molecular weight is 851 g/mol. The van der Waals surface area contributed by atoms with Crippen molar-refractivity contribution in [3.63, 3.8) is 0 Å². The van der Waals surface area contributed by atoms with Crippen LogP contribution < -0.4 is 9.47 Å². The van der Waals surface area contributed by atoms with Gasteiger partial charge in [0.2, 0.25) is 5.79 Å². The second-order valence-corrected chi connectivity index (χ2v) is 16.1. The van der Waals surface area contributed by atoms with Crippen molar-refractivity contribution in [2.24, 2.45) is 22.9 Å². The fraction of sp³-hybridized carbons (Fsp3) is 0.400. The molecule has 12 heteroatoms. The van der Waals surface area contributed by atoms with E-state index in [1.165, 1.54) is 25.3 Å². The van der Waals surface area contributed by atoms with E-state index >= 15 is 0 Å². The quantitative estimate of drug-likeness (QED) is 0.0513. The Hall–Kier alpha value is -5.56. The van der Waals surface area contributed by atoms with Crippen molar-refractivity contribution in [3.05, 3.63) is 155 Å². The zero-order valence-corrected chi connectivity index (χ0v) is 35.2. The molecule has 1 heterocycles. The van der Waals surface area contributed by atoms with E-state index < -0.39 is 29.7 Å². The maximum absolute atomic E-state index is 14.8. The first-order chi connectivity index (χ1) is 30.3. The van der Waals surface area contributed by atoms with Crippen molar-refractivity contribution >= 4 is 11.8 Å². The number of ether oxygens (including phenoxy) is 4. The number of unbranched alkanes of at least 4 members (excludes halogenated alkanes) is 2. The number of benzene rings is 4. The summed E-state index contributed by atoms with van der Waals surface area (Å²) in [6, 6.07) is 26.9. The Bertz CT molecular complexity index is 2180. The molecule has 328 valence electrons. The first kappa shape index (κ1) is 44.5. The predicted molar refractivity (Wildman–Crippen MR) is 231 cm³/mol. The number of hydrogen-bond acceptors (Lipinski definition) is 9. The van der Waals surface area contributed by atoms with Gasteiger partial charge >= 0.3 is 6.09 Å². The zero-order valence-electron chi connectivity index (χ0n) is 35.2. The average Bonchev–Trinajstić information content (AvgIpc) is 3.29. The molecule has 1 amide bonds. The highest BCUT2D eigenvalue weighted by Crippen LogP contribution is 2.62. The molecule has 1 saturated carbocycles. The third-order valence-corrected chi connectivity index (χ3v) is 12.3. The summed E-state index contributed by atoms with van der Waals surface area (Å²) in [6.45, 7) is 4.44. The smallest absolute Gasteiger partial charge is 0.410 e. The molecule has 1 fully saturated rings. The molecule has 0 radical (unpaired) electrons. The number of methoxy groups -OCH3 is 1. The summed E-state index contributed by atoms with van der Waals surface area (Å²) in [4.78, 5) is 21.9. The third kappa shape index (κ3) is 9.88. The van der Waals surface area contributed by atoms with Gasteiger partial charge in [-0.25, -0.2) is 13.6 Å². The van der Waals surface area contributed by atoms with Crippen LogP contribution in [0.2, 0.25) is 0 Å². The van der Waals surface area contributed by atoms with Crippen LogP contribution in [0.3, 0.4) is 0 Å². The van der Waals surface area contributed by atoms with Crippen LogP contribution in [0.15, 0.2) is 127 Å². The van der Waals surface area contributed by atoms with E-state index in [1.807, 2.05) is 42.5 Å². The van der Waals surface area contributed by atoms with Crippen LogP contribution in [-0.2, 0) is 34.1 Å². The van der Waals surface area contributed by atoms with Crippen molar-refractivity contribution in [1.29, 1.82) is 0 Å². The van der Waals surface area contributed by atoms with Gasteiger partial charge in [-0.15, -0.1) is 6.58 Å². The Morgan fingerprint density at radius 3 is 2.39 bits per heavy atom. The van der Waals surface area contributed by atoms with Crippen LogP contribution >= 0.6 is 0 Å². The zero-order chi connectivity index (χ0) is 43.5. The van der Waals surface area contributed by atoms with Crippen LogP contribution in [-0.4, -0.2) is 65.7 Å². The minimum atomic E-state index is -1.54. The van der Waals surface area contributed by atoms with Crippen LogP contribution in [0, 0.1) is 29.4 Å². The van der Waals surface area contributed by atoms with Crippen LogP contribution in [0.1, 0.15) is 73.1 Å². The van der Waals surface area contributed by atoms with Crippen molar-refractivity contribution in [2.45, 2.75) is 82.5 Å². The maximum atomic E-state index is 14.8. The van der Waals surface area contributed by atoms with Crippen LogP contribution in [0.5, 0.6) is 11.5 Å². The number of aliphatic hydroxyl groups is 2. The lowest BCUT2D eigenvalue weighted by Crippen LogP contribution is -2.70. The first-order valence-electron chi connectivity index (χ1n) is 21.5. The molecule has 4 aromatic carbocycles. The van der Waals surface area contributed by atoms with Crippen molar-refractivity contribution in [2.75, 3.05) is 26.9 Å². The van der Waals surface area contributed by atoms with Gasteiger partial charge in [-0.1, -0.05) is 90.8 Å². The minimum absolute atomic E-state index is 0.00864. The molecular weight excluding hydrogens is 795 g/mol. The number of carbonyl (C=O) groups is 1. The molecule has 4 aromatic rings. The minimum Gasteiger partial charge on any atom is -0.489 e. The van der Waals surface area contributed by atoms with Gasteiger partial charge in [0.15, 0.2) is 0 Å².